The van der Waals surface area contributed by atoms with Crippen molar-refractivity contribution in [3.05, 3.63) is 48.2 Å². The zero-order valence-electron chi connectivity index (χ0n) is 11.4. The van der Waals surface area contributed by atoms with Crippen molar-refractivity contribution in [3.63, 3.8) is 0 Å². The summed E-state index contributed by atoms with van der Waals surface area (Å²) in [4.78, 5) is 15.7. The van der Waals surface area contributed by atoms with Crippen LogP contribution in [0.4, 0.5) is 10.5 Å². The quantitative estimate of drug-likeness (QED) is 0.796. The molecule has 0 aliphatic rings. The van der Waals surface area contributed by atoms with Gasteiger partial charge in [0.2, 0.25) is 0 Å². The van der Waals surface area contributed by atoms with Gasteiger partial charge in [-0.1, -0.05) is 0 Å². The van der Waals surface area contributed by atoms with Crippen molar-refractivity contribution in [2.24, 2.45) is 0 Å². The number of carbonyl (C=O) groups excluding carboxylic acids is 1. The van der Waals surface area contributed by atoms with E-state index < -0.39 is 11.6 Å². The number of amides is 2. The summed E-state index contributed by atoms with van der Waals surface area (Å²) in [5.41, 5.74) is 0.278. The number of nitrogens with one attached hydrogen (secondary N) is 2. The largest absolute Gasteiger partial charge is 0.466 e. The first kappa shape index (κ1) is 14.1. The Morgan fingerprint density at radius 3 is 2.95 bits per heavy atom. The molecule has 0 bridgehead atoms. The van der Waals surface area contributed by atoms with Gasteiger partial charge in [-0.15, -0.1) is 0 Å². The van der Waals surface area contributed by atoms with Crippen molar-refractivity contribution < 1.29 is 14.3 Å². The zero-order valence-corrected chi connectivity index (χ0v) is 11.4. The Hall–Kier alpha value is -2.34. The van der Waals surface area contributed by atoms with E-state index in [4.69, 9.17) is 4.42 Å². The molecule has 1 unspecified atom stereocenters. The minimum Gasteiger partial charge on any atom is -0.466 e. The lowest BCUT2D eigenvalue weighted by molar-refractivity contribution is 0.0372. The molecular weight excluding hydrogens is 258 g/mol. The van der Waals surface area contributed by atoms with Gasteiger partial charge in [-0.2, -0.15) is 0 Å². The highest BCUT2D eigenvalue weighted by atomic mass is 16.4. The Bertz CT molecular complexity index is 579. The van der Waals surface area contributed by atoms with Crippen molar-refractivity contribution in [2.75, 3.05) is 11.9 Å². The molecule has 106 valence electrons. The molecular formula is C14H17N3O3. The van der Waals surface area contributed by atoms with Crippen LogP contribution < -0.4 is 10.6 Å². The van der Waals surface area contributed by atoms with Crippen molar-refractivity contribution in [1.29, 1.82) is 0 Å². The lowest BCUT2D eigenvalue weighted by Gasteiger charge is -2.21. The number of pyridine rings is 1. The molecule has 0 aromatic carbocycles. The number of urea groups is 1. The van der Waals surface area contributed by atoms with Crippen LogP contribution in [0, 0.1) is 6.92 Å². The molecule has 0 saturated heterocycles. The second kappa shape index (κ2) is 5.75. The third kappa shape index (κ3) is 3.36. The van der Waals surface area contributed by atoms with E-state index in [1.54, 1.807) is 37.5 Å². The number of hydrogen-bond acceptors (Lipinski definition) is 4. The number of nitrogens with zero attached hydrogens (tertiary/aromatic N) is 1. The van der Waals surface area contributed by atoms with Crippen LogP contribution in [0.15, 0.2) is 41.3 Å². The smallest absolute Gasteiger partial charge is 0.319 e. The molecule has 0 aliphatic heterocycles. The predicted molar refractivity (Wildman–Crippen MR) is 74.3 cm³/mol. The highest BCUT2D eigenvalue weighted by Gasteiger charge is 2.26. The highest BCUT2D eigenvalue weighted by molar-refractivity contribution is 5.89. The number of aliphatic hydroxyl groups is 1. The number of anilines is 1. The molecule has 0 spiro atoms. The Labute approximate surface area is 116 Å². The number of rotatable bonds is 4. The lowest BCUT2D eigenvalue weighted by atomic mass is 10.0. The molecule has 0 saturated carbocycles. The fourth-order valence-corrected chi connectivity index (χ4v) is 1.69. The summed E-state index contributed by atoms with van der Waals surface area (Å²) in [5, 5.41) is 15.5. The van der Waals surface area contributed by atoms with Crippen molar-refractivity contribution in [1.82, 2.24) is 10.3 Å². The van der Waals surface area contributed by atoms with E-state index in [0.717, 1.165) is 5.56 Å². The van der Waals surface area contributed by atoms with E-state index in [0.29, 0.717) is 11.4 Å². The lowest BCUT2D eigenvalue weighted by Crippen LogP contribution is -2.40. The molecule has 0 radical (unpaired) electrons. The normalized spacial score (nSPS) is 13.6. The number of aryl methyl sites for hydroxylation is 1. The molecule has 0 fully saturated rings. The van der Waals surface area contributed by atoms with Crippen molar-refractivity contribution in [2.45, 2.75) is 19.4 Å². The fraction of sp³-hybridized carbons (Fsp3) is 0.286. The summed E-state index contributed by atoms with van der Waals surface area (Å²) in [6.07, 6.45) is 4.70. The highest BCUT2D eigenvalue weighted by Crippen LogP contribution is 2.19. The maximum atomic E-state index is 11.8. The number of carbonyl (C=O) groups is 1. The third-order valence-corrected chi connectivity index (χ3v) is 2.93. The molecule has 2 amide bonds. The van der Waals surface area contributed by atoms with Gasteiger partial charge in [0.05, 0.1) is 24.7 Å². The second-order valence-electron chi connectivity index (χ2n) is 4.75. The second-order valence-corrected chi connectivity index (χ2v) is 4.75. The SMILES string of the molecule is Cc1ccncc1NC(=O)NCC(C)(O)c1ccco1. The van der Waals surface area contributed by atoms with Gasteiger partial charge in [-0.3, -0.25) is 4.98 Å². The van der Waals surface area contributed by atoms with Crippen molar-refractivity contribution >= 4 is 11.7 Å². The molecule has 6 heteroatoms. The molecule has 6 nitrogen and oxygen atoms in total. The monoisotopic (exact) mass is 275 g/mol. The van der Waals surface area contributed by atoms with Gasteiger partial charge in [-0.05, 0) is 37.6 Å². The van der Waals surface area contributed by atoms with Crippen LogP contribution in [0.5, 0.6) is 0 Å². The first-order chi connectivity index (χ1) is 9.49. The average Bonchev–Trinajstić information content (AvgIpc) is 2.94. The molecule has 20 heavy (non-hydrogen) atoms. The first-order valence-corrected chi connectivity index (χ1v) is 6.21. The van der Waals surface area contributed by atoms with E-state index in [2.05, 4.69) is 15.6 Å². The molecule has 3 N–H and O–H groups in total. The molecule has 2 aromatic rings. The van der Waals surface area contributed by atoms with E-state index in [9.17, 15) is 9.90 Å². The maximum Gasteiger partial charge on any atom is 0.319 e. The summed E-state index contributed by atoms with van der Waals surface area (Å²) >= 11 is 0. The van der Waals surface area contributed by atoms with Gasteiger partial charge in [0.15, 0.2) is 0 Å². The van der Waals surface area contributed by atoms with Gasteiger partial charge in [-0.25, -0.2) is 4.79 Å². The number of furan rings is 1. The molecule has 2 rings (SSSR count). The Morgan fingerprint density at radius 2 is 2.30 bits per heavy atom. The summed E-state index contributed by atoms with van der Waals surface area (Å²) < 4.78 is 5.14. The van der Waals surface area contributed by atoms with Gasteiger partial charge < -0.3 is 20.2 Å². The first-order valence-electron chi connectivity index (χ1n) is 6.21. The van der Waals surface area contributed by atoms with Crippen LogP contribution in [-0.2, 0) is 5.60 Å². The summed E-state index contributed by atoms with van der Waals surface area (Å²) in [6.45, 7) is 3.48. The predicted octanol–water partition coefficient (Wildman–Crippen LogP) is 2.01. The van der Waals surface area contributed by atoms with Gasteiger partial charge in [0.1, 0.15) is 11.4 Å². The third-order valence-electron chi connectivity index (χ3n) is 2.93. The van der Waals surface area contributed by atoms with E-state index in [1.807, 2.05) is 6.92 Å². The molecule has 0 aliphatic carbocycles. The van der Waals surface area contributed by atoms with Crippen LogP contribution in [0.2, 0.25) is 0 Å². The van der Waals surface area contributed by atoms with E-state index >= 15 is 0 Å². The fourth-order valence-electron chi connectivity index (χ4n) is 1.69. The molecule has 1 atom stereocenters. The average molecular weight is 275 g/mol. The van der Waals surface area contributed by atoms with Gasteiger partial charge in [0.25, 0.3) is 0 Å². The van der Waals surface area contributed by atoms with Crippen LogP contribution in [0.25, 0.3) is 0 Å². The standard InChI is InChI=1S/C14H17N3O3/c1-10-5-6-15-8-11(10)17-13(18)16-9-14(2,19)12-4-3-7-20-12/h3-8,19H,9H2,1-2H3,(H2,16,17,18). The number of hydrogen-bond donors (Lipinski definition) is 3. The Morgan fingerprint density at radius 1 is 1.50 bits per heavy atom. The van der Waals surface area contributed by atoms with Crippen LogP contribution in [0.1, 0.15) is 18.2 Å². The van der Waals surface area contributed by atoms with E-state index in [-0.39, 0.29) is 6.54 Å². The minimum absolute atomic E-state index is 0.0334. The van der Waals surface area contributed by atoms with Gasteiger partial charge in [0, 0.05) is 6.20 Å². The van der Waals surface area contributed by atoms with Crippen LogP contribution in [0.3, 0.4) is 0 Å². The maximum absolute atomic E-state index is 11.8. The van der Waals surface area contributed by atoms with Crippen LogP contribution in [-0.4, -0.2) is 22.7 Å². The van der Waals surface area contributed by atoms with E-state index in [1.165, 1.54) is 6.26 Å². The summed E-state index contributed by atoms with van der Waals surface area (Å²) in [6, 6.07) is 4.73. The Balaban J connectivity index is 1.91. The van der Waals surface area contributed by atoms with Crippen molar-refractivity contribution in [3.8, 4) is 0 Å². The van der Waals surface area contributed by atoms with Gasteiger partial charge >= 0.3 is 6.03 Å². The molecule has 2 aromatic heterocycles. The minimum atomic E-state index is -1.26. The zero-order chi connectivity index (χ0) is 14.6. The topological polar surface area (TPSA) is 87.4 Å². The molecule has 2 heterocycles. The van der Waals surface area contributed by atoms with Crippen LogP contribution >= 0.6 is 0 Å². The summed E-state index contributed by atoms with van der Waals surface area (Å²) in [5.74, 6) is 0.398. The summed E-state index contributed by atoms with van der Waals surface area (Å²) in [7, 11) is 0. The number of aromatic nitrogens is 1. The Kier molecular flexibility index (Phi) is 4.05.